The van der Waals surface area contributed by atoms with Gasteiger partial charge in [0.15, 0.2) is 5.16 Å². The lowest BCUT2D eigenvalue weighted by Crippen LogP contribution is -2.45. The molecule has 0 aliphatic carbocycles. The van der Waals surface area contributed by atoms with Gasteiger partial charge in [0.25, 0.3) is 0 Å². The number of nitrogens with one attached hydrogen (secondary N) is 2. The summed E-state index contributed by atoms with van der Waals surface area (Å²) in [6.07, 6.45) is 0.583. The average molecular weight is 385 g/mol. The van der Waals surface area contributed by atoms with Crippen LogP contribution in [0.15, 0.2) is 5.16 Å². The van der Waals surface area contributed by atoms with Gasteiger partial charge in [-0.3, -0.25) is 14.9 Å². The standard InChI is InChI=1S/C16H28N6O3S/c1-9(2)8-22-13(7-6-12(17)23)20-21-16(22)26-11(5)14(24)19-15(25)18-10(3)4/h9-11H,6-8H2,1-5H3,(H2,17,23)(H2,18,19,24,25)/t11-/m0/s1. The summed E-state index contributed by atoms with van der Waals surface area (Å²) in [5.74, 6) is 0.178. The summed E-state index contributed by atoms with van der Waals surface area (Å²) in [5.41, 5.74) is 5.21. The zero-order valence-corrected chi connectivity index (χ0v) is 16.7. The Morgan fingerprint density at radius 2 is 1.81 bits per heavy atom. The predicted octanol–water partition coefficient (Wildman–Crippen LogP) is 1.07. The van der Waals surface area contributed by atoms with Gasteiger partial charge in [0.1, 0.15) is 5.82 Å². The minimum atomic E-state index is -0.535. The van der Waals surface area contributed by atoms with Crippen molar-refractivity contribution in [1.82, 2.24) is 25.4 Å². The van der Waals surface area contributed by atoms with Crippen molar-refractivity contribution in [2.45, 2.75) is 70.5 Å². The van der Waals surface area contributed by atoms with E-state index in [0.29, 0.717) is 29.9 Å². The number of aromatic nitrogens is 3. The van der Waals surface area contributed by atoms with Gasteiger partial charge >= 0.3 is 6.03 Å². The van der Waals surface area contributed by atoms with Crippen molar-refractivity contribution in [3.8, 4) is 0 Å². The van der Waals surface area contributed by atoms with Crippen molar-refractivity contribution < 1.29 is 14.4 Å². The average Bonchev–Trinajstić information content (AvgIpc) is 2.85. The molecule has 1 heterocycles. The quantitative estimate of drug-likeness (QED) is 0.546. The van der Waals surface area contributed by atoms with Crippen LogP contribution in [0.5, 0.6) is 0 Å². The van der Waals surface area contributed by atoms with Crippen LogP contribution in [0.4, 0.5) is 4.79 Å². The largest absolute Gasteiger partial charge is 0.370 e. The van der Waals surface area contributed by atoms with E-state index in [1.54, 1.807) is 6.92 Å². The zero-order chi connectivity index (χ0) is 19.9. The van der Waals surface area contributed by atoms with Crippen LogP contribution in [0.3, 0.4) is 0 Å². The second-order valence-electron chi connectivity index (χ2n) is 6.75. The van der Waals surface area contributed by atoms with Gasteiger partial charge in [0, 0.05) is 25.4 Å². The van der Waals surface area contributed by atoms with Gasteiger partial charge in [-0.1, -0.05) is 25.6 Å². The number of carbonyl (C=O) groups is 3. The number of rotatable bonds is 9. The Hall–Kier alpha value is -2.10. The number of urea groups is 1. The van der Waals surface area contributed by atoms with E-state index in [1.165, 1.54) is 11.8 Å². The highest BCUT2D eigenvalue weighted by molar-refractivity contribution is 8.00. The fourth-order valence-electron chi connectivity index (χ4n) is 2.10. The summed E-state index contributed by atoms with van der Waals surface area (Å²) in [7, 11) is 0. The molecule has 0 saturated heterocycles. The molecule has 1 rings (SSSR count). The van der Waals surface area contributed by atoms with Crippen molar-refractivity contribution >= 4 is 29.6 Å². The summed E-state index contributed by atoms with van der Waals surface area (Å²) in [4.78, 5) is 34.9. The number of hydrogen-bond acceptors (Lipinski definition) is 6. The molecule has 10 heteroatoms. The maximum atomic E-state index is 12.2. The zero-order valence-electron chi connectivity index (χ0n) is 15.9. The lowest BCUT2D eigenvalue weighted by atomic mass is 10.2. The first-order chi connectivity index (χ1) is 12.1. The molecule has 0 aliphatic rings. The number of imide groups is 1. The molecule has 0 radical (unpaired) electrons. The molecule has 0 aliphatic heterocycles. The van der Waals surface area contributed by atoms with Crippen LogP contribution < -0.4 is 16.4 Å². The van der Waals surface area contributed by atoms with Crippen molar-refractivity contribution in [2.75, 3.05) is 0 Å². The van der Waals surface area contributed by atoms with Crippen LogP contribution in [-0.4, -0.2) is 43.9 Å². The Morgan fingerprint density at radius 1 is 1.15 bits per heavy atom. The lowest BCUT2D eigenvalue weighted by Gasteiger charge is -2.15. The van der Waals surface area contributed by atoms with E-state index in [1.807, 2.05) is 18.4 Å². The van der Waals surface area contributed by atoms with Gasteiger partial charge in [0.2, 0.25) is 11.8 Å². The smallest absolute Gasteiger partial charge is 0.321 e. The number of thioether (sulfide) groups is 1. The molecule has 1 aromatic rings. The van der Waals surface area contributed by atoms with E-state index in [2.05, 4.69) is 34.7 Å². The van der Waals surface area contributed by atoms with E-state index >= 15 is 0 Å². The van der Waals surface area contributed by atoms with E-state index in [0.717, 1.165) is 0 Å². The van der Waals surface area contributed by atoms with Gasteiger partial charge in [-0.15, -0.1) is 10.2 Å². The third-order valence-electron chi connectivity index (χ3n) is 3.24. The van der Waals surface area contributed by atoms with Gasteiger partial charge in [-0.05, 0) is 26.7 Å². The summed E-state index contributed by atoms with van der Waals surface area (Å²) in [5, 5.41) is 13.2. The Labute approximate surface area is 157 Å². The van der Waals surface area contributed by atoms with Crippen LogP contribution >= 0.6 is 11.8 Å². The maximum absolute atomic E-state index is 12.2. The number of nitrogens with two attached hydrogens (primary N) is 1. The first kappa shape index (κ1) is 21.9. The molecule has 9 nitrogen and oxygen atoms in total. The summed E-state index contributed by atoms with van der Waals surface area (Å²) >= 11 is 1.22. The van der Waals surface area contributed by atoms with Gasteiger partial charge in [-0.25, -0.2) is 4.79 Å². The highest BCUT2D eigenvalue weighted by atomic mass is 32.2. The van der Waals surface area contributed by atoms with Gasteiger partial charge in [-0.2, -0.15) is 0 Å². The normalized spacial score (nSPS) is 12.3. The molecule has 4 amide bonds. The van der Waals surface area contributed by atoms with Crippen LogP contribution in [0.25, 0.3) is 0 Å². The number of primary amides is 1. The van der Waals surface area contributed by atoms with E-state index < -0.39 is 23.1 Å². The number of aryl methyl sites for hydroxylation is 1. The molecule has 0 bridgehead atoms. The molecule has 0 unspecified atom stereocenters. The lowest BCUT2D eigenvalue weighted by molar-refractivity contribution is -0.119. The van der Waals surface area contributed by atoms with Crippen molar-refractivity contribution in [1.29, 1.82) is 0 Å². The molecular formula is C16H28N6O3S. The fraction of sp³-hybridized carbons (Fsp3) is 0.688. The molecular weight excluding hydrogens is 356 g/mol. The van der Waals surface area contributed by atoms with Crippen molar-refractivity contribution in [3.05, 3.63) is 5.82 Å². The monoisotopic (exact) mass is 384 g/mol. The third-order valence-corrected chi connectivity index (χ3v) is 4.32. The second kappa shape index (κ2) is 10.1. The third kappa shape index (κ3) is 7.42. The summed E-state index contributed by atoms with van der Waals surface area (Å²) < 4.78 is 1.90. The first-order valence-corrected chi connectivity index (χ1v) is 9.46. The number of carbonyl (C=O) groups excluding carboxylic acids is 3. The SMILES string of the molecule is CC(C)Cn1c(CCC(N)=O)nnc1S[C@@H](C)C(=O)NC(=O)NC(C)C. The van der Waals surface area contributed by atoms with Crippen LogP contribution in [0, 0.1) is 5.92 Å². The molecule has 1 aromatic heterocycles. The highest BCUT2D eigenvalue weighted by Gasteiger charge is 2.22. The second-order valence-corrected chi connectivity index (χ2v) is 8.06. The van der Waals surface area contributed by atoms with Crippen LogP contribution in [-0.2, 0) is 22.6 Å². The van der Waals surface area contributed by atoms with E-state index in [9.17, 15) is 14.4 Å². The molecule has 146 valence electrons. The number of amides is 4. The van der Waals surface area contributed by atoms with E-state index in [4.69, 9.17) is 5.73 Å². The fourth-order valence-corrected chi connectivity index (χ4v) is 2.98. The number of hydrogen-bond donors (Lipinski definition) is 3. The van der Waals surface area contributed by atoms with E-state index in [-0.39, 0.29) is 12.5 Å². The van der Waals surface area contributed by atoms with Crippen molar-refractivity contribution in [2.24, 2.45) is 11.7 Å². The molecule has 4 N–H and O–H groups in total. The van der Waals surface area contributed by atoms with Crippen molar-refractivity contribution in [3.63, 3.8) is 0 Å². The Bertz CT molecular complexity index is 644. The highest BCUT2D eigenvalue weighted by Crippen LogP contribution is 2.24. The predicted molar refractivity (Wildman–Crippen MR) is 99.5 cm³/mol. The Kier molecular flexibility index (Phi) is 8.56. The molecule has 26 heavy (non-hydrogen) atoms. The summed E-state index contributed by atoms with van der Waals surface area (Å²) in [6, 6.07) is -0.587. The molecule has 0 fully saturated rings. The Balaban J connectivity index is 2.81. The van der Waals surface area contributed by atoms with Gasteiger partial charge < -0.3 is 15.6 Å². The molecule has 1 atom stereocenters. The van der Waals surface area contributed by atoms with Crippen LogP contribution in [0.1, 0.15) is 46.9 Å². The molecule has 0 aromatic carbocycles. The van der Waals surface area contributed by atoms with Gasteiger partial charge in [0.05, 0.1) is 5.25 Å². The first-order valence-electron chi connectivity index (χ1n) is 8.58. The molecule has 0 saturated carbocycles. The molecule has 0 spiro atoms. The Morgan fingerprint density at radius 3 is 2.35 bits per heavy atom. The minimum absolute atomic E-state index is 0.0623. The van der Waals surface area contributed by atoms with Crippen LogP contribution in [0.2, 0.25) is 0 Å². The summed E-state index contributed by atoms with van der Waals surface area (Å²) in [6.45, 7) is 10.1. The minimum Gasteiger partial charge on any atom is -0.370 e. The maximum Gasteiger partial charge on any atom is 0.321 e. The number of nitrogens with zero attached hydrogens (tertiary/aromatic N) is 3. The topological polar surface area (TPSA) is 132 Å².